The Bertz CT molecular complexity index is 708. The van der Waals surface area contributed by atoms with Crippen LogP contribution in [-0.2, 0) is 4.79 Å². The molecule has 6 nitrogen and oxygen atoms in total. The van der Waals surface area contributed by atoms with Gasteiger partial charge in [0.25, 0.3) is 0 Å². The minimum Gasteiger partial charge on any atom is -0.490 e. The predicted octanol–water partition coefficient (Wildman–Crippen LogP) is 1.71. The Morgan fingerprint density at radius 3 is 2.54 bits per heavy atom. The maximum Gasteiger partial charge on any atom is 0.219 e. The molecule has 1 aliphatic heterocycles. The first-order valence-corrected chi connectivity index (χ1v) is 10.00. The van der Waals surface area contributed by atoms with Crippen molar-refractivity contribution >= 4 is 5.91 Å². The standard InChI is InChI=1S/C21H31FN2O4/c1-16-11-18(5-6-19(16)22)28-15-21(27)13-23(9-10-24(14-21)17(2)25)12-20(26)7-3-4-8-20/h5-6,11,26-27H,3-4,7-10,12-15H2,1-2H3. The zero-order valence-electron chi connectivity index (χ0n) is 16.8. The number of nitrogens with zero attached hydrogens (tertiary/aromatic N) is 2. The number of hydrogen-bond acceptors (Lipinski definition) is 5. The summed E-state index contributed by atoms with van der Waals surface area (Å²) in [4.78, 5) is 15.6. The van der Waals surface area contributed by atoms with E-state index in [1.54, 1.807) is 17.9 Å². The number of hydrogen-bond donors (Lipinski definition) is 2. The lowest BCUT2D eigenvalue weighted by Crippen LogP contribution is -2.53. The molecule has 0 spiro atoms. The van der Waals surface area contributed by atoms with E-state index in [1.807, 2.05) is 4.90 Å². The number of β-amino-alcohol motifs (C(OH)–C–C–N with tert-alkyl or cyclic N) is 2. The fourth-order valence-corrected chi connectivity index (χ4v) is 4.27. The van der Waals surface area contributed by atoms with Crippen molar-refractivity contribution in [2.24, 2.45) is 0 Å². The number of carbonyl (C=O) groups is 1. The molecule has 156 valence electrons. The van der Waals surface area contributed by atoms with E-state index in [9.17, 15) is 19.4 Å². The minimum absolute atomic E-state index is 0.0171. The quantitative estimate of drug-likeness (QED) is 0.796. The normalized spacial score (nSPS) is 25.5. The summed E-state index contributed by atoms with van der Waals surface area (Å²) < 4.78 is 19.2. The number of aliphatic hydroxyl groups is 2. The van der Waals surface area contributed by atoms with E-state index >= 15 is 0 Å². The SMILES string of the molecule is CC(=O)N1CCN(CC2(O)CCCC2)CC(O)(COc2ccc(F)c(C)c2)C1. The Morgan fingerprint density at radius 1 is 1.18 bits per heavy atom. The zero-order valence-corrected chi connectivity index (χ0v) is 16.8. The number of ether oxygens (including phenoxy) is 1. The molecule has 0 bridgehead atoms. The first-order valence-electron chi connectivity index (χ1n) is 10.00. The fourth-order valence-electron chi connectivity index (χ4n) is 4.27. The molecule has 1 heterocycles. The highest BCUT2D eigenvalue weighted by Gasteiger charge is 2.40. The molecule has 28 heavy (non-hydrogen) atoms. The van der Waals surface area contributed by atoms with Gasteiger partial charge in [-0.2, -0.15) is 0 Å². The van der Waals surface area contributed by atoms with Gasteiger partial charge < -0.3 is 19.8 Å². The van der Waals surface area contributed by atoms with Gasteiger partial charge in [-0.25, -0.2) is 4.39 Å². The lowest BCUT2D eigenvalue weighted by Gasteiger charge is -2.35. The van der Waals surface area contributed by atoms with E-state index in [1.165, 1.54) is 19.1 Å². The summed E-state index contributed by atoms with van der Waals surface area (Å²) in [5.41, 5.74) is -1.53. The van der Waals surface area contributed by atoms with Crippen molar-refractivity contribution in [2.45, 2.75) is 50.7 Å². The summed E-state index contributed by atoms with van der Waals surface area (Å²) in [6.45, 7) is 5.18. The molecule has 2 aliphatic rings. The van der Waals surface area contributed by atoms with Gasteiger partial charge >= 0.3 is 0 Å². The number of amides is 1. The average molecular weight is 394 g/mol. The molecular formula is C21H31FN2O4. The van der Waals surface area contributed by atoms with E-state index in [0.29, 0.717) is 37.5 Å². The van der Waals surface area contributed by atoms with Crippen molar-refractivity contribution in [1.82, 2.24) is 9.80 Å². The second kappa shape index (κ2) is 8.35. The summed E-state index contributed by atoms with van der Waals surface area (Å²) in [6, 6.07) is 4.47. The van der Waals surface area contributed by atoms with Gasteiger partial charge in [0.1, 0.15) is 23.8 Å². The van der Waals surface area contributed by atoms with E-state index in [2.05, 4.69) is 0 Å². The lowest BCUT2D eigenvalue weighted by atomic mass is 9.99. The van der Waals surface area contributed by atoms with E-state index in [-0.39, 0.29) is 24.9 Å². The molecule has 1 unspecified atom stereocenters. The second-order valence-electron chi connectivity index (χ2n) is 8.51. The van der Waals surface area contributed by atoms with E-state index in [4.69, 9.17) is 4.74 Å². The molecule has 2 N–H and O–H groups in total. The Labute approximate surface area is 165 Å². The highest BCUT2D eigenvalue weighted by atomic mass is 19.1. The average Bonchev–Trinajstić information content (AvgIpc) is 2.97. The molecule has 0 aromatic heterocycles. The van der Waals surface area contributed by atoms with Crippen LogP contribution in [0.4, 0.5) is 4.39 Å². The van der Waals surface area contributed by atoms with Crippen molar-refractivity contribution in [3.63, 3.8) is 0 Å². The van der Waals surface area contributed by atoms with Crippen LogP contribution >= 0.6 is 0 Å². The van der Waals surface area contributed by atoms with Crippen molar-refractivity contribution in [2.75, 3.05) is 39.3 Å². The molecule has 7 heteroatoms. The van der Waals surface area contributed by atoms with Gasteiger partial charge in [-0.15, -0.1) is 0 Å². The molecule has 0 radical (unpaired) electrons. The van der Waals surface area contributed by atoms with Crippen molar-refractivity contribution in [3.05, 3.63) is 29.6 Å². The summed E-state index contributed by atoms with van der Waals surface area (Å²) >= 11 is 0. The smallest absolute Gasteiger partial charge is 0.219 e. The highest BCUT2D eigenvalue weighted by molar-refractivity contribution is 5.73. The van der Waals surface area contributed by atoms with Crippen LogP contribution in [0.15, 0.2) is 18.2 Å². The van der Waals surface area contributed by atoms with Crippen molar-refractivity contribution in [3.8, 4) is 5.75 Å². The van der Waals surface area contributed by atoms with Crippen molar-refractivity contribution in [1.29, 1.82) is 0 Å². The van der Waals surface area contributed by atoms with Gasteiger partial charge in [-0.3, -0.25) is 9.69 Å². The Balaban J connectivity index is 1.71. The predicted molar refractivity (Wildman–Crippen MR) is 104 cm³/mol. The second-order valence-corrected chi connectivity index (χ2v) is 8.51. The Morgan fingerprint density at radius 2 is 1.89 bits per heavy atom. The third-order valence-electron chi connectivity index (χ3n) is 5.82. The highest BCUT2D eigenvalue weighted by Crippen LogP contribution is 2.31. The number of halogens is 1. The summed E-state index contributed by atoms with van der Waals surface area (Å²) in [5.74, 6) is 0.0728. The van der Waals surface area contributed by atoms with Crippen LogP contribution in [0, 0.1) is 12.7 Å². The van der Waals surface area contributed by atoms with E-state index in [0.717, 1.165) is 25.7 Å². The third kappa shape index (κ3) is 5.21. The van der Waals surface area contributed by atoms with Gasteiger partial charge in [-0.1, -0.05) is 12.8 Å². The van der Waals surface area contributed by atoms with Gasteiger partial charge in [-0.05, 0) is 43.5 Å². The van der Waals surface area contributed by atoms with Gasteiger partial charge in [0, 0.05) is 33.1 Å². The lowest BCUT2D eigenvalue weighted by molar-refractivity contribution is -0.132. The minimum atomic E-state index is -1.28. The molecule has 1 aromatic carbocycles. The number of benzene rings is 1. The van der Waals surface area contributed by atoms with Crippen LogP contribution in [0.3, 0.4) is 0 Å². The monoisotopic (exact) mass is 394 g/mol. The van der Waals surface area contributed by atoms with Crippen molar-refractivity contribution < 1.29 is 24.1 Å². The summed E-state index contributed by atoms with van der Waals surface area (Å²) in [5, 5.41) is 22.0. The Hall–Kier alpha value is -1.70. The zero-order chi connectivity index (χ0) is 20.4. The maximum absolute atomic E-state index is 13.5. The van der Waals surface area contributed by atoms with Crippen LogP contribution < -0.4 is 4.74 Å². The maximum atomic E-state index is 13.5. The number of carbonyl (C=O) groups excluding carboxylic acids is 1. The molecule has 1 saturated heterocycles. The molecular weight excluding hydrogens is 363 g/mol. The van der Waals surface area contributed by atoms with Gasteiger partial charge in [0.15, 0.2) is 0 Å². The molecule has 2 fully saturated rings. The molecule has 1 saturated carbocycles. The molecule has 1 aliphatic carbocycles. The summed E-state index contributed by atoms with van der Waals surface area (Å²) in [6.07, 6.45) is 3.57. The molecule has 1 amide bonds. The fraction of sp³-hybridized carbons (Fsp3) is 0.667. The molecule has 1 atom stereocenters. The molecule has 1 aromatic rings. The topological polar surface area (TPSA) is 73.2 Å². The number of aryl methyl sites for hydroxylation is 1. The largest absolute Gasteiger partial charge is 0.490 e. The van der Waals surface area contributed by atoms with E-state index < -0.39 is 11.2 Å². The number of rotatable bonds is 5. The van der Waals surface area contributed by atoms with Gasteiger partial charge in [0.2, 0.25) is 5.91 Å². The van der Waals surface area contributed by atoms with Crippen LogP contribution in [0.1, 0.15) is 38.2 Å². The Kier molecular flexibility index (Phi) is 6.27. The van der Waals surface area contributed by atoms with Gasteiger partial charge in [0.05, 0.1) is 12.1 Å². The summed E-state index contributed by atoms with van der Waals surface area (Å²) in [7, 11) is 0. The van der Waals surface area contributed by atoms with Crippen LogP contribution in [0.5, 0.6) is 5.75 Å². The van der Waals surface area contributed by atoms with Crippen LogP contribution in [-0.4, -0.2) is 76.5 Å². The van der Waals surface area contributed by atoms with Crippen LogP contribution in [0.2, 0.25) is 0 Å². The van der Waals surface area contributed by atoms with Crippen LogP contribution in [0.25, 0.3) is 0 Å². The third-order valence-corrected chi connectivity index (χ3v) is 5.82. The first-order chi connectivity index (χ1) is 13.2. The first kappa shape index (κ1) is 21.0. The molecule has 3 rings (SSSR count).